The van der Waals surface area contributed by atoms with Gasteiger partial charge in [-0.25, -0.2) is 0 Å². The molecule has 2 amide bonds. The van der Waals surface area contributed by atoms with Crippen molar-refractivity contribution in [2.24, 2.45) is 5.73 Å². The van der Waals surface area contributed by atoms with E-state index in [1.165, 1.54) is 0 Å². The molecule has 3 N–H and O–H groups in total. The lowest BCUT2D eigenvalue weighted by Crippen LogP contribution is -2.46. The fourth-order valence-corrected chi connectivity index (χ4v) is 3.40. The van der Waals surface area contributed by atoms with Crippen molar-refractivity contribution in [3.05, 3.63) is 70.7 Å². The van der Waals surface area contributed by atoms with E-state index in [4.69, 9.17) is 17.3 Å². The van der Waals surface area contributed by atoms with Crippen LogP contribution in [0.25, 0.3) is 0 Å². The van der Waals surface area contributed by atoms with E-state index >= 15 is 0 Å². The average molecular weight is 408 g/mol. The zero-order valence-electron chi connectivity index (χ0n) is 15.0. The Morgan fingerprint density at radius 2 is 1.74 bits per heavy atom. The molecule has 2 aromatic rings. The molecule has 1 fully saturated rings. The molecule has 5 nitrogen and oxygen atoms in total. The van der Waals surface area contributed by atoms with Crippen LogP contribution >= 0.6 is 24.0 Å². The molecule has 144 valence electrons. The molecule has 1 saturated heterocycles. The highest BCUT2D eigenvalue weighted by Gasteiger charge is 2.35. The number of amides is 2. The number of carbonyl (C=O) groups excluding carboxylic acids is 2. The van der Waals surface area contributed by atoms with Crippen LogP contribution in [-0.4, -0.2) is 41.9 Å². The van der Waals surface area contributed by atoms with Crippen LogP contribution in [0.15, 0.2) is 54.6 Å². The third-order valence-electron chi connectivity index (χ3n) is 4.73. The van der Waals surface area contributed by atoms with E-state index in [9.17, 15) is 9.59 Å². The van der Waals surface area contributed by atoms with Crippen LogP contribution in [0.2, 0.25) is 5.02 Å². The second kappa shape index (κ2) is 9.22. The molecule has 0 saturated carbocycles. The number of rotatable bonds is 4. The van der Waals surface area contributed by atoms with E-state index in [2.05, 4.69) is 5.32 Å². The Hall–Kier alpha value is -2.08. The minimum absolute atomic E-state index is 0. The lowest BCUT2D eigenvalue weighted by molar-refractivity contribution is -0.131. The first-order valence-electron chi connectivity index (χ1n) is 8.61. The summed E-state index contributed by atoms with van der Waals surface area (Å²) >= 11 is 5.83. The number of halogens is 2. The number of nitrogens with zero attached hydrogens (tertiary/aromatic N) is 1. The van der Waals surface area contributed by atoms with Gasteiger partial charge in [0.1, 0.15) is 6.04 Å². The van der Waals surface area contributed by atoms with Crippen LogP contribution < -0.4 is 11.1 Å². The van der Waals surface area contributed by atoms with Crippen LogP contribution in [0.1, 0.15) is 28.8 Å². The van der Waals surface area contributed by atoms with Gasteiger partial charge in [0.15, 0.2) is 0 Å². The van der Waals surface area contributed by atoms with Crippen molar-refractivity contribution < 1.29 is 9.59 Å². The Bertz CT molecular complexity index is 784. The van der Waals surface area contributed by atoms with Crippen molar-refractivity contribution in [3.63, 3.8) is 0 Å². The van der Waals surface area contributed by atoms with Gasteiger partial charge in [0.05, 0.1) is 0 Å². The zero-order chi connectivity index (χ0) is 18.7. The number of carbonyl (C=O) groups is 2. The molecule has 0 aromatic heterocycles. The maximum Gasteiger partial charge on any atom is 0.251 e. The van der Waals surface area contributed by atoms with Gasteiger partial charge in [-0.05, 0) is 36.8 Å². The van der Waals surface area contributed by atoms with Gasteiger partial charge < -0.3 is 16.0 Å². The van der Waals surface area contributed by atoms with Crippen molar-refractivity contribution in [2.75, 3.05) is 13.1 Å². The summed E-state index contributed by atoms with van der Waals surface area (Å²) in [6, 6.07) is 15.8. The van der Waals surface area contributed by atoms with Gasteiger partial charge in [0, 0.05) is 35.6 Å². The first-order valence-corrected chi connectivity index (χ1v) is 8.99. The van der Waals surface area contributed by atoms with E-state index in [1.807, 2.05) is 30.3 Å². The van der Waals surface area contributed by atoms with Crippen LogP contribution in [0.4, 0.5) is 0 Å². The maximum absolute atomic E-state index is 12.7. The minimum Gasteiger partial charge on any atom is -0.341 e. The standard InChI is InChI=1S/C20H22ClN3O2.ClH/c1-13(23-19(25)15-7-9-16(21)10-8-15)20(26)24-11-17(18(22)12-24)14-5-3-2-4-6-14;/h2-10,13,17-18H,11-12,22H2,1H3,(H,23,25);1H/t13?,17-,18+;/m0./s1. The molecule has 0 aliphatic carbocycles. The number of nitrogens with two attached hydrogens (primary N) is 1. The normalized spacial score (nSPS) is 19.9. The van der Waals surface area contributed by atoms with Crippen LogP contribution in [0, 0.1) is 0 Å². The molecule has 7 heteroatoms. The number of hydrogen-bond acceptors (Lipinski definition) is 3. The van der Waals surface area contributed by atoms with Crippen molar-refractivity contribution in [1.29, 1.82) is 0 Å². The predicted molar refractivity (Wildman–Crippen MR) is 109 cm³/mol. The fourth-order valence-electron chi connectivity index (χ4n) is 3.28. The van der Waals surface area contributed by atoms with Gasteiger partial charge in [-0.2, -0.15) is 0 Å². The van der Waals surface area contributed by atoms with E-state index in [0.717, 1.165) is 5.56 Å². The molecular formula is C20H23Cl2N3O2. The third-order valence-corrected chi connectivity index (χ3v) is 4.98. The number of benzene rings is 2. The smallest absolute Gasteiger partial charge is 0.251 e. The number of nitrogens with one attached hydrogen (secondary N) is 1. The monoisotopic (exact) mass is 407 g/mol. The molecule has 27 heavy (non-hydrogen) atoms. The van der Waals surface area contributed by atoms with Crippen molar-refractivity contribution in [3.8, 4) is 0 Å². The molecule has 2 aromatic carbocycles. The average Bonchev–Trinajstić information content (AvgIpc) is 3.04. The van der Waals surface area contributed by atoms with Gasteiger partial charge in [0.2, 0.25) is 5.91 Å². The van der Waals surface area contributed by atoms with Gasteiger partial charge in [-0.1, -0.05) is 41.9 Å². The Morgan fingerprint density at radius 1 is 1.11 bits per heavy atom. The molecular weight excluding hydrogens is 385 g/mol. The van der Waals surface area contributed by atoms with E-state index in [0.29, 0.717) is 23.7 Å². The lowest BCUT2D eigenvalue weighted by Gasteiger charge is -2.22. The molecule has 0 spiro atoms. The van der Waals surface area contributed by atoms with Crippen LogP contribution in [0.5, 0.6) is 0 Å². The predicted octanol–water partition coefficient (Wildman–Crippen LogP) is 2.83. The summed E-state index contributed by atoms with van der Waals surface area (Å²) in [6.45, 7) is 2.74. The Labute approximate surface area is 170 Å². The third kappa shape index (κ3) is 5.01. The summed E-state index contributed by atoms with van der Waals surface area (Å²) < 4.78 is 0. The quantitative estimate of drug-likeness (QED) is 0.817. The van der Waals surface area contributed by atoms with Crippen LogP contribution in [0.3, 0.4) is 0 Å². The number of hydrogen-bond donors (Lipinski definition) is 2. The Kier molecular flexibility index (Phi) is 7.25. The molecule has 1 aliphatic heterocycles. The molecule has 0 bridgehead atoms. The molecule has 0 radical (unpaired) electrons. The van der Waals surface area contributed by atoms with Crippen molar-refractivity contribution >= 4 is 35.8 Å². The largest absolute Gasteiger partial charge is 0.341 e. The first-order chi connectivity index (χ1) is 12.5. The second-order valence-electron chi connectivity index (χ2n) is 6.63. The van der Waals surface area contributed by atoms with Crippen molar-refractivity contribution in [2.45, 2.75) is 24.9 Å². The van der Waals surface area contributed by atoms with Crippen molar-refractivity contribution in [1.82, 2.24) is 10.2 Å². The lowest BCUT2D eigenvalue weighted by atomic mass is 9.95. The summed E-state index contributed by atoms with van der Waals surface area (Å²) in [5.74, 6) is -0.314. The van der Waals surface area contributed by atoms with E-state index in [1.54, 1.807) is 36.1 Å². The SMILES string of the molecule is CC(NC(=O)c1ccc(Cl)cc1)C(=O)N1C[C@@H](N)[C@H](c2ccccc2)C1.Cl. The van der Waals surface area contributed by atoms with E-state index < -0.39 is 6.04 Å². The highest BCUT2D eigenvalue weighted by Crippen LogP contribution is 2.26. The summed E-state index contributed by atoms with van der Waals surface area (Å²) in [4.78, 5) is 26.7. The van der Waals surface area contributed by atoms with Gasteiger partial charge in [0.25, 0.3) is 5.91 Å². The summed E-state index contributed by atoms with van der Waals surface area (Å²) in [5, 5.41) is 3.31. The zero-order valence-corrected chi connectivity index (χ0v) is 16.5. The first kappa shape index (κ1) is 21.2. The van der Waals surface area contributed by atoms with Gasteiger partial charge in [-0.3, -0.25) is 9.59 Å². The van der Waals surface area contributed by atoms with Gasteiger partial charge >= 0.3 is 0 Å². The highest BCUT2D eigenvalue weighted by molar-refractivity contribution is 6.30. The molecule has 1 heterocycles. The van der Waals surface area contributed by atoms with Crippen LogP contribution in [-0.2, 0) is 4.79 Å². The number of likely N-dealkylation sites (tertiary alicyclic amines) is 1. The molecule has 1 unspecified atom stereocenters. The maximum atomic E-state index is 12.7. The Morgan fingerprint density at radius 3 is 2.37 bits per heavy atom. The highest BCUT2D eigenvalue weighted by atomic mass is 35.5. The fraction of sp³-hybridized carbons (Fsp3) is 0.300. The molecule has 1 aliphatic rings. The molecule has 3 atom stereocenters. The molecule has 3 rings (SSSR count). The second-order valence-corrected chi connectivity index (χ2v) is 7.06. The topological polar surface area (TPSA) is 75.4 Å². The van der Waals surface area contributed by atoms with Gasteiger partial charge in [-0.15, -0.1) is 12.4 Å². The Balaban J connectivity index is 0.00000261. The summed E-state index contributed by atoms with van der Waals surface area (Å²) in [7, 11) is 0. The summed E-state index contributed by atoms with van der Waals surface area (Å²) in [6.07, 6.45) is 0. The summed E-state index contributed by atoms with van der Waals surface area (Å²) in [5.41, 5.74) is 7.85. The van der Waals surface area contributed by atoms with E-state index in [-0.39, 0.29) is 36.2 Å². The minimum atomic E-state index is -0.625.